The third-order valence-corrected chi connectivity index (χ3v) is 11.0. The number of Topliss-reactive ketones (excluding diaryl/α,β-unsaturated/α-hetero) is 1. The first-order chi connectivity index (χ1) is 23.1. The van der Waals surface area contributed by atoms with Crippen LogP contribution in [-0.2, 0) is 35.1 Å². The van der Waals surface area contributed by atoms with Gasteiger partial charge in [0.25, 0.3) is 0 Å². The second-order valence-corrected chi connectivity index (χ2v) is 14.7. The van der Waals surface area contributed by atoms with E-state index in [0.29, 0.717) is 25.2 Å². The van der Waals surface area contributed by atoms with Crippen LogP contribution in [0.3, 0.4) is 0 Å². The van der Waals surface area contributed by atoms with E-state index in [1.165, 1.54) is 7.11 Å². The van der Waals surface area contributed by atoms with Crippen LogP contribution in [0.15, 0.2) is 30.3 Å². The number of likely N-dealkylation sites (tertiary alicyclic amines) is 1. The normalized spacial score (nSPS) is 18.9. The predicted molar refractivity (Wildman–Crippen MR) is 194 cm³/mol. The second-order valence-electron chi connectivity index (χ2n) is 14.7. The third-order valence-electron chi connectivity index (χ3n) is 11.0. The predicted octanol–water partition coefficient (Wildman–Crippen LogP) is 5.72. The summed E-state index contributed by atoms with van der Waals surface area (Å²) >= 11 is 0. The molecular weight excluding hydrogens is 620 g/mol. The Kier molecular flexibility index (Phi) is 16.9. The summed E-state index contributed by atoms with van der Waals surface area (Å²) in [4.78, 5) is 59.7. The van der Waals surface area contributed by atoms with Gasteiger partial charge in [0.15, 0.2) is 0 Å². The summed E-state index contributed by atoms with van der Waals surface area (Å²) in [5, 5.41) is 8.39. The van der Waals surface area contributed by atoms with Gasteiger partial charge in [-0.15, -0.1) is 0 Å². The molecule has 0 bridgehead atoms. The first-order valence-electron chi connectivity index (χ1n) is 18.1. The third kappa shape index (κ3) is 11.4. The van der Waals surface area contributed by atoms with Crippen molar-refractivity contribution in [2.24, 2.45) is 35.5 Å². The summed E-state index contributed by atoms with van der Waals surface area (Å²) in [6.45, 7) is 12.7. The van der Waals surface area contributed by atoms with Gasteiger partial charge in [-0.3, -0.25) is 24.6 Å². The summed E-state index contributed by atoms with van der Waals surface area (Å²) in [6, 6.07) is 9.19. The van der Waals surface area contributed by atoms with Crippen LogP contribution in [0.4, 0.5) is 0 Å². The number of nitrogens with one attached hydrogen (secondary N) is 1. The van der Waals surface area contributed by atoms with Crippen molar-refractivity contribution in [3.8, 4) is 0 Å². The molecule has 2 amide bonds. The van der Waals surface area contributed by atoms with Gasteiger partial charge in [-0.25, -0.2) is 0 Å². The maximum Gasteiger partial charge on any atom is 0.309 e. The molecule has 1 aromatic carbocycles. The molecule has 0 aromatic heterocycles. The number of amides is 2. The van der Waals surface area contributed by atoms with Crippen molar-refractivity contribution in [2.45, 2.75) is 105 Å². The van der Waals surface area contributed by atoms with Gasteiger partial charge >= 0.3 is 5.97 Å². The summed E-state index contributed by atoms with van der Waals surface area (Å²) in [5.74, 6) is -1.38. The number of hydrogen-bond acceptors (Lipinski definition) is 7. The lowest BCUT2D eigenvalue weighted by molar-refractivity contribution is -0.148. The van der Waals surface area contributed by atoms with Crippen molar-refractivity contribution < 1.29 is 28.7 Å². The molecule has 10 heteroatoms. The highest BCUT2D eigenvalue weighted by atomic mass is 16.5. The van der Waals surface area contributed by atoms with Crippen molar-refractivity contribution in [3.63, 3.8) is 0 Å². The Hall–Kier alpha value is -3.27. The summed E-state index contributed by atoms with van der Waals surface area (Å²) in [7, 11) is 8.39. The molecule has 276 valence electrons. The van der Waals surface area contributed by atoms with E-state index in [0.717, 1.165) is 24.8 Å². The number of esters is 1. The molecule has 1 saturated heterocycles. The molecule has 1 fully saturated rings. The van der Waals surface area contributed by atoms with Gasteiger partial charge in [0, 0.05) is 65.5 Å². The van der Waals surface area contributed by atoms with Crippen LogP contribution in [0.1, 0.15) is 85.6 Å². The molecule has 1 aliphatic rings. The number of methoxy groups -OCH3 is 2. The first kappa shape index (κ1) is 41.9. The Morgan fingerprint density at radius 1 is 0.959 bits per heavy atom. The van der Waals surface area contributed by atoms with Crippen molar-refractivity contribution in [1.29, 1.82) is 5.41 Å². The van der Waals surface area contributed by atoms with Crippen LogP contribution >= 0.6 is 0 Å². The Morgan fingerprint density at radius 2 is 1.59 bits per heavy atom. The Morgan fingerprint density at radius 3 is 2.12 bits per heavy atom. The highest BCUT2D eigenvalue weighted by Crippen LogP contribution is 2.33. The van der Waals surface area contributed by atoms with E-state index in [1.807, 2.05) is 77.0 Å². The van der Waals surface area contributed by atoms with Crippen LogP contribution in [-0.4, -0.2) is 104 Å². The van der Waals surface area contributed by atoms with Crippen LogP contribution in [0.5, 0.6) is 0 Å². The number of ether oxygens (including phenoxy) is 2. The fourth-order valence-corrected chi connectivity index (χ4v) is 7.29. The molecule has 49 heavy (non-hydrogen) atoms. The van der Waals surface area contributed by atoms with Crippen molar-refractivity contribution in [3.05, 3.63) is 35.9 Å². The monoisotopic (exact) mass is 684 g/mol. The molecule has 2 rings (SSSR count). The lowest BCUT2D eigenvalue weighted by Crippen LogP contribution is -2.53. The number of carbonyl (C=O) groups excluding carboxylic acids is 4. The van der Waals surface area contributed by atoms with Crippen LogP contribution in [0.25, 0.3) is 0 Å². The van der Waals surface area contributed by atoms with E-state index in [4.69, 9.17) is 14.9 Å². The number of rotatable bonds is 19. The molecule has 1 aliphatic heterocycles. The van der Waals surface area contributed by atoms with Crippen molar-refractivity contribution >= 4 is 29.4 Å². The lowest BCUT2D eigenvalue weighted by atomic mass is 9.81. The number of likely N-dealkylation sites (N-methyl/N-ethyl adjacent to an activating group) is 1. The molecule has 1 heterocycles. The van der Waals surface area contributed by atoms with Gasteiger partial charge in [0.1, 0.15) is 5.78 Å². The maximum atomic E-state index is 14.1. The minimum Gasteiger partial charge on any atom is -0.469 e. The topological polar surface area (TPSA) is 120 Å². The van der Waals surface area contributed by atoms with Gasteiger partial charge in [0.2, 0.25) is 11.8 Å². The molecule has 1 aromatic rings. The Bertz CT molecular complexity index is 1240. The molecule has 10 nitrogen and oxygen atoms in total. The minimum atomic E-state index is -0.570. The van der Waals surface area contributed by atoms with Gasteiger partial charge in [-0.1, -0.05) is 78.3 Å². The van der Waals surface area contributed by atoms with Crippen molar-refractivity contribution in [1.82, 2.24) is 14.7 Å². The standard InChI is InChI=1S/C39H64N4O6/c1-12-26(4)37(42(9)38(46)31(25(2)3)23-35(40)41(7)8)34(48-10)24-36(45)43-20-16-19-32(43)27(5)28(6)33(44)22-30(39(47)49-11)21-29-17-14-13-15-18-29/h13-15,17-18,25-28,30-32,34,37,40H,12,16,19-24H2,1-11H3/t26-,27+,28+,30+,31-,32-,34+,37-/m0/s1. The molecule has 1 N–H and O–H groups in total. The SMILES string of the molecule is CC[C@H](C)[C@@H]([C@@H](CC(=O)N1CCC[C@H]1[C@H](C)[C@@H](C)C(=O)C[C@@H](Cc1ccccc1)C(=O)OC)OC)N(C)C(=O)[C@@H](CC(=N)N(C)C)C(C)C. The average molecular weight is 685 g/mol. The molecule has 0 saturated carbocycles. The molecular formula is C39H64N4O6. The zero-order chi connectivity index (χ0) is 37.0. The average Bonchev–Trinajstić information content (AvgIpc) is 3.58. The number of carbonyl (C=O) groups is 4. The van der Waals surface area contributed by atoms with Gasteiger partial charge in [0.05, 0.1) is 37.4 Å². The zero-order valence-electron chi connectivity index (χ0n) is 32.0. The zero-order valence-corrected chi connectivity index (χ0v) is 32.0. The Balaban J connectivity index is 2.21. The van der Waals surface area contributed by atoms with Crippen LogP contribution < -0.4 is 0 Å². The van der Waals surface area contributed by atoms with Gasteiger partial charge in [-0.2, -0.15) is 0 Å². The van der Waals surface area contributed by atoms with Gasteiger partial charge < -0.3 is 24.2 Å². The second kappa shape index (κ2) is 19.8. The van der Waals surface area contributed by atoms with Crippen LogP contribution in [0.2, 0.25) is 0 Å². The largest absolute Gasteiger partial charge is 0.469 e. The molecule has 0 unspecified atom stereocenters. The summed E-state index contributed by atoms with van der Waals surface area (Å²) in [6.07, 6.45) is 2.90. The van der Waals surface area contributed by atoms with E-state index in [2.05, 4.69) is 13.8 Å². The molecule has 0 spiro atoms. The van der Waals surface area contributed by atoms with E-state index in [1.54, 1.807) is 24.0 Å². The summed E-state index contributed by atoms with van der Waals surface area (Å²) < 4.78 is 11.1. The van der Waals surface area contributed by atoms with E-state index >= 15 is 0 Å². The highest BCUT2D eigenvalue weighted by Gasteiger charge is 2.41. The highest BCUT2D eigenvalue weighted by molar-refractivity contribution is 5.88. The van der Waals surface area contributed by atoms with E-state index < -0.39 is 18.0 Å². The number of benzene rings is 1. The summed E-state index contributed by atoms with van der Waals surface area (Å²) in [5.41, 5.74) is 0.975. The van der Waals surface area contributed by atoms with Crippen LogP contribution in [0, 0.1) is 40.9 Å². The van der Waals surface area contributed by atoms with E-state index in [-0.39, 0.29) is 72.1 Å². The number of amidine groups is 1. The molecule has 0 radical (unpaired) electrons. The van der Waals surface area contributed by atoms with Crippen molar-refractivity contribution in [2.75, 3.05) is 41.9 Å². The number of ketones is 1. The van der Waals surface area contributed by atoms with Gasteiger partial charge in [-0.05, 0) is 42.6 Å². The number of nitrogens with zero attached hydrogens (tertiary/aromatic N) is 3. The lowest BCUT2D eigenvalue weighted by Gasteiger charge is -2.41. The molecule has 0 aliphatic carbocycles. The fourth-order valence-electron chi connectivity index (χ4n) is 7.29. The Labute approximate surface area is 295 Å². The first-order valence-corrected chi connectivity index (χ1v) is 18.1. The van der Waals surface area contributed by atoms with E-state index in [9.17, 15) is 19.2 Å². The fraction of sp³-hybridized carbons (Fsp3) is 0.718. The quantitative estimate of drug-likeness (QED) is 0.112. The number of hydrogen-bond donors (Lipinski definition) is 1. The minimum absolute atomic E-state index is 0.00748. The smallest absolute Gasteiger partial charge is 0.309 e. The maximum absolute atomic E-state index is 14.1. The molecule has 8 atom stereocenters.